The zero-order chi connectivity index (χ0) is 16.2. The molecule has 2 unspecified atom stereocenters. The highest BCUT2D eigenvalue weighted by molar-refractivity contribution is 5.84. The highest BCUT2D eigenvalue weighted by atomic mass is 16.5. The lowest BCUT2D eigenvalue weighted by molar-refractivity contribution is -0.133. The molecule has 3 heterocycles. The largest absolute Gasteiger partial charge is 0.476 e. The van der Waals surface area contributed by atoms with Gasteiger partial charge in [-0.3, -0.25) is 4.79 Å². The molecule has 23 heavy (non-hydrogen) atoms. The van der Waals surface area contributed by atoms with Crippen LogP contribution in [0.2, 0.25) is 0 Å². The molecule has 1 aromatic heterocycles. The number of carboxylic acids is 1. The van der Waals surface area contributed by atoms with Gasteiger partial charge >= 0.3 is 5.97 Å². The first-order valence-corrected chi connectivity index (χ1v) is 8.18. The van der Waals surface area contributed by atoms with E-state index in [0.717, 1.165) is 45.3 Å². The number of likely N-dealkylation sites (tertiary alicyclic amines) is 1. The summed E-state index contributed by atoms with van der Waals surface area (Å²) in [5.41, 5.74) is -0.0631. The number of carbonyl (C=O) groups excluding carboxylic acids is 1. The van der Waals surface area contributed by atoms with E-state index in [2.05, 4.69) is 10.3 Å². The zero-order valence-corrected chi connectivity index (χ0v) is 13.1. The molecule has 8 heteroatoms. The van der Waals surface area contributed by atoms with E-state index in [-0.39, 0.29) is 23.7 Å². The highest BCUT2D eigenvalue weighted by Crippen LogP contribution is 2.23. The average Bonchev–Trinajstić information content (AvgIpc) is 3.24. The molecular weight excluding hydrogens is 300 g/mol. The van der Waals surface area contributed by atoms with Crippen LogP contribution >= 0.6 is 0 Å². The lowest BCUT2D eigenvalue weighted by atomic mass is 10.0. The van der Waals surface area contributed by atoms with E-state index in [0.29, 0.717) is 13.0 Å². The standard InChI is InChI=1S/C15H22N4O4/c20-14(6-5-12-4-2-8-23-12)18-7-1-3-11(9-18)19-10-13(15(21)22)16-17-19/h10-12H,1-9H2,(H,21,22). The summed E-state index contributed by atoms with van der Waals surface area (Å²) in [5, 5.41) is 16.5. The molecule has 126 valence electrons. The van der Waals surface area contributed by atoms with Gasteiger partial charge in [-0.15, -0.1) is 5.10 Å². The van der Waals surface area contributed by atoms with Crippen molar-refractivity contribution >= 4 is 11.9 Å². The Balaban J connectivity index is 1.54. The molecule has 2 fully saturated rings. The number of hydrogen-bond donors (Lipinski definition) is 1. The molecular formula is C15H22N4O4. The first-order chi connectivity index (χ1) is 11.1. The van der Waals surface area contributed by atoms with E-state index in [1.54, 1.807) is 4.68 Å². The number of piperidine rings is 1. The summed E-state index contributed by atoms with van der Waals surface area (Å²) in [6, 6.07) is -0.00368. The number of carbonyl (C=O) groups is 2. The predicted molar refractivity (Wildman–Crippen MR) is 80.0 cm³/mol. The van der Waals surface area contributed by atoms with Crippen LogP contribution in [0.5, 0.6) is 0 Å². The maximum absolute atomic E-state index is 12.4. The summed E-state index contributed by atoms with van der Waals surface area (Å²) >= 11 is 0. The van der Waals surface area contributed by atoms with Gasteiger partial charge in [0.1, 0.15) is 0 Å². The van der Waals surface area contributed by atoms with Crippen LogP contribution in [0, 0.1) is 0 Å². The van der Waals surface area contributed by atoms with Gasteiger partial charge in [0.25, 0.3) is 0 Å². The Morgan fingerprint density at radius 2 is 2.22 bits per heavy atom. The van der Waals surface area contributed by atoms with Crippen molar-refractivity contribution in [3.05, 3.63) is 11.9 Å². The Morgan fingerprint density at radius 3 is 2.91 bits per heavy atom. The fraction of sp³-hybridized carbons (Fsp3) is 0.733. The van der Waals surface area contributed by atoms with Gasteiger partial charge in [0.15, 0.2) is 5.69 Å². The minimum Gasteiger partial charge on any atom is -0.476 e. The molecule has 8 nitrogen and oxygen atoms in total. The Bertz CT molecular complexity index is 568. The van der Waals surface area contributed by atoms with Gasteiger partial charge in [-0.05, 0) is 32.1 Å². The second-order valence-corrected chi connectivity index (χ2v) is 6.20. The second kappa shape index (κ2) is 7.08. The first-order valence-electron chi connectivity index (χ1n) is 8.18. The predicted octanol–water partition coefficient (Wildman–Crippen LogP) is 1.10. The zero-order valence-electron chi connectivity index (χ0n) is 13.1. The van der Waals surface area contributed by atoms with E-state index in [1.807, 2.05) is 4.90 Å². The molecule has 0 bridgehead atoms. The van der Waals surface area contributed by atoms with Crippen LogP contribution in [0.25, 0.3) is 0 Å². The lowest BCUT2D eigenvalue weighted by Crippen LogP contribution is -2.41. The lowest BCUT2D eigenvalue weighted by Gasteiger charge is -2.32. The van der Waals surface area contributed by atoms with Gasteiger partial charge in [0.2, 0.25) is 5.91 Å². The summed E-state index contributed by atoms with van der Waals surface area (Å²) in [7, 11) is 0. The molecule has 1 amide bonds. The minimum absolute atomic E-state index is 0.00368. The Labute approximate surface area is 134 Å². The molecule has 0 aromatic carbocycles. The summed E-state index contributed by atoms with van der Waals surface area (Å²) in [6.07, 6.45) is 6.86. The third-order valence-electron chi connectivity index (χ3n) is 4.56. The van der Waals surface area contributed by atoms with Crippen molar-refractivity contribution in [1.82, 2.24) is 19.9 Å². The van der Waals surface area contributed by atoms with Crippen LogP contribution in [0.4, 0.5) is 0 Å². The topological polar surface area (TPSA) is 97.5 Å². The SMILES string of the molecule is O=C(O)c1cn(C2CCCN(C(=O)CCC3CCCO3)C2)nn1. The molecule has 1 aromatic rings. The van der Waals surface area contributed by atoms with Crippen molar-refractivity contribution in [3.8, 4) is 0 Å². The fourth-order valence-electron chi connectivity index (χ4n) is 3.26. The molecule has 1 N–H and O–H groups in total. The van der Waals surface area contributed by atoms with Crippen molar-refractivity contribution in [3.63, 3.8) is 0 Å². The smallest absolute Gasteiger partial charge is 0.358 e. The van der Waals surface area contributed by atoms with E-state index in [4.69, 9.17) is 9.84 Å². The number of ether oxygens (including phenoxy) is 1. The molecule has 2 aliphatic rings. The maximum Gasteiger partial charge on any atom is 0.358 e. The Hall–Kier alpha value is -1.96. The van der Waals surface area contributed by atoms with E-state index < -0.39 is 5.97 Å². The Kier molecular flexibility index (Phi) is 4.90. The van der Waals surface area contributed by atoms with Gasteiger partial charge in [-0.25, -0.2) is 9.48 Å². The van der Waals surface area contributed by atoms with Crippen LogP contribution in [0.15, 0.2) is 6.20 Å². The van der Waals surface area contributed by atoms with Gasteiger partial charge in [0.05, 0.1) is 18.3 Å². The molecule has 0 spiro atoms. The molecule has 2 saturated heterocycles. The third-order valence-corrected chi connectivity index (χ3v) is 4.56. The number of carboxylic acid groups (broad SMARTS) is 1. The number of rotatable bonds is 5. The van der Waals surface area contributed by atoms with Crippen LogP contribution in [-0.4, -0.2) is 62.7 Å². The molecule has 2 aliphatic heterocycles. The molecule has 0 radical (unpaired) electrons. The van der Waals surface area contributed by atoms with Gasteiger partial charge in [0, 0.05) is 26.1 Å². The van der Waals surface area contributed by atoms with Crippen molar-refractivity contribution in [2.24, 2.45) is 0 Å². The molecule has 2 atom stereocenters. The van der Waals surface area contributed by atoms with E-state index in [1.165, 1.54) is 6.20 Å². The fourth-order valence-corrected chi connectivity index (χ4v) is 3.26. The normalized spacial score (nSPS) is 24.8. The van der Waals surface area contributed by atoms with Crippen LogP contribution in [0.3, 0.4) is 0 Å². The maximum atomic E-state index is 12.4. The van der Waals surface area contributed by atoms with Gasteiger partial charge in [-0.2, -0.15) is 0 Å². The number of amides is 1. The first kappa shape index (κ1) is 15.9. The highest BCUT2D eigenvalue weighted by Gasteiger charge is 2.27. The third kappa shape index (κ3) is 3.87. The number of aromatic carboxylic acids is 1. The van der Waals surface area contributed by atoms with Crippen molar-refractivity contribution in [2.45, 2.75) is 50.7 Å². The van der Waals surface area contributed by atoms with Gasteiger partial charge in [-0.1, -0.05) is 5.21 Å². The second-order valence-electron chi connectivity index (χ2n) is 6.20. The minimum atomic E-state index is -1.09. The summed E-state index contributed by atoms with van der Waals surface area (Å²) < 4.78 is 7.13. The van der Waals surface area contributed by atoms with Crippen molar-refractivity contribution in [2.75, 3.05) is 19.7 Å². The van der Waals surface area contributed by atoms with Crippen LogP contribution in [-0.2, 0) is 9.53 Å². The van der Waals surface area contributed by atoms with E-state index in [9.17, 15) is 9.59 Å². The Morgan fingerprint density at radius 1 is 1.35 bits per heavy atom. The summed E-state index contributed by atoms with van der Waals surface area (Å²) in [5.74, 6) is -0.944. The summed E-state index contributed by atoms with van der Waals surface area (Å²) in [4.78, 5) is 25.1. The van der Waals surface area contributed by atoms with E-state index >= 15 is 0 Å². The number of hydrogen-bond acceptors (Lipinski definition) is 5. The van der Waals surface area contributed by atoms with Crippen LogP contribution < -0.4 is 0 Å². The van der Waals surface area contributed by atoms with Crippen LogP contribution in [0.1, 0.15) is 55.1 Å². The number of nitrogens with zero attached hydrogens (tertiary/aromatic N) is 4. The quantitative estimate of drug-likeness (QED) is 0.872. The van der Waals surface area contributed by atoms with Gasteiger partial charge < -0.3 is 14.7 Å². The van der Waals surface area contributed by atoms with Crippen molar-refractivity contribution < 1.29 is 19.4 Å². The molecule has 3 rings (SSSR count). The van der Waals surface area contributed by atoms with Crippen molar-refractivity contribution in [1.29, 1.82) is 0 Å². The number of aromatic nitrogens is 3. The average molecular weight is 322 g/mol. The molecule has 0 saturated carbocycles. The monoisotopic (exact) mass is 322 g/mol. The summed E-state index contributed by atoms with van der Waals surface area (Å²) in [6.45, 7) is 2.12. The molecule has 0 aliphatic carbocycles.